The van der Waals surface area contributed by atoms with Crippen LogP contribution in [-0.4, -0.2) is 21.8 Å². The summed E-state index contributed by atoms with van der Waals surface area (Å²) in [4.78, 5) is 17.8. The number of benzene rings is 3. The van der Waals surface area contributed by atoms with E-state index in [1.807, 2.05) is 30.3 Å². The number of allylic oxidation sites excluding steroid dienone is 1. The quantitative estimate of drug-likeness (QED) is 0.512. The van der Waals surface area contributed by atoms with Gasteiger partial charge in [0.2, 0.25) is 0 Å². The Kier molecular flexibility index (Phi) is 4.54. The molecular weight excluding hydrogens is 394 g/mol. The lowest BCUT2D eigenvalue weighted by Crippen LogP contribution is -2.18. The molecule has 1 atom stereocenters. The molecule has 154 valence electrons. The van der Waals surface area contributed by atoms with Gasteiger partial charge in [0.1, 0.15) is 5.76 Å². The Labute approximate surface area is 178 Å². The summed E-state index contributed by atoms with van der Waals surface area (Å²) in [6.07, 6.45) is 0.293. The van der Waals surface area contributed by atoms with Crippen LogP contribution >= 0.6 is 0 Å². The zero-order valence-corrected chi connectivity index (χ0v) is 16.3. The summed E-state index contributed by atoms with van der Waals surface area (Å²) in [5.41, 5.74) is 3.83. The lowest BCUT2D eigenvalue weighted by Gasteiger charge is -2.24. The third kappa shape index (κ3) is 3.26. The molecule has 7 heteroatoms. The maximum Gasteiger partial charge on any atom is 0.199 e. The van der Waals surface area contributed by atoms with Gasteiger partial charge in [0, 0.05) is 17.5 Å². The summed E-state index contributed by atoms with van der Waals surface area (Å²) in [5, 5.41) is 34.8. The standard InChI is InChI=1S/C24H18N3O4/c28-23-16-8-1-2-9-17(16)24(29)22(23)21-13-20(14-6-5-7-15(12-14)27(30)31)25-18-10-3-4-11-19(18)26-21/h1-12,20,25,28,30H,13H2/q-1. The van der Waals surface area contributed by atoms with Crippen LogP contribution < -0.4 is 10.5 Å². The number of Topliss-reactive ketones (excluding diaryl/α,β-unsaturated/α-hetero) is 1. The normalized spacial score (nSPS) is 17.4. The Balaban J connectivity index is 1.63. The number of fused-ring (bicyclic) bond motifs is 2. The third-order valence-corrected chi connectivity index (χ3v) is 5.56. The number of ketones is 1. The number of rotatable bonds is 3. The minimum Gasteiger partial charge on any atom is -0.733 e. The van der Waals surface area contributed by atoms with Gasteiger partial charge in [0.15, 0.2) is 5.78 Å². The van der Waals surface area contributed by atoms with Crippen LogP contribution in [-0.2, 0) is 0 Å². The van der Waals surface area contributed by atoms with Gasteiger partial charge in [-0.2, -0.15) is 0 Å². The number of anilines is 2. The predicted octanol–water partition coefficient (Wildman–Crippen LogP) is 5.18. The molecule has 0 radical (unpaired) electrons. The molecule has 1 heterocycles. The molecule has 0 saturated heterocycles. The molecule has 0 spiro atoms. The first-order valence-corrected chi connectivity index (χ1v) is 9.80. The van der Waals surface area contributed by atoms with Crippen molar-refractivity contribution in [2.45, 2.75) is 12.5 Å². The first-order valence-electron chi connectivity index (χ1n) is 9.80. The number of carbonyl (C=O) groups excluding carboxylic acids is 1. The van der Waals surface area contributed by atoms with Crippen LogP contribution in [0.1, 0.15) is 33.9 Å². The molecule has 3 aromatic rings. The zero-order chi connectivity index (χ0) is 21.5. The number of aliphatic imine (C=N–C) groups is 1. The van der Waals surface area contributed by atoms with E-state index in [1.54, 1.807) is 36.4 Å². The fourth-order valence-corrected chi connectivity index (χ4v) is 4.07. The van der Waals surface area contributed by atoms with Gasteiger partial charge in [0.05, 0.1) is 34.4 Å². The number of carbonyl (C=O) groups is 1. The van der Waals surface area contributed by atoms with Gasteiger partial charge < -0.3 is 20.9 Å². The number of hydrogen-bond donors (Lipinski definition) is 3. The van der Waals surface area contributed by atoms with Crippen LogP contribution in [0.25, 0.3) is 5.76 Å². The Morgan fingerprint density at radius 3 is 2.52 bits per heavy atom. The van der Waals surface area contributed by atoms with Crippen molar-refractivity contribution >= 4 is 34.3 Å². The Morgan fingerprint density at radius 2 is 1.74 bits per heavy atom. The maximum absolute atomic E-state index is 13.1. The van der Waals surface area contributed by atoms with Crippen LogP contribution in [0.5, 0.6) is 0 Å². The van der Waals surface area contributed by atoms with Crippen molar-refractivity contribution in [3.05, 3.63) is 100 Å². The van der Waals surface area contributed by atoms with Crippen LogP contribution in [0.4, 0.5) is 17.1 Å². The molecule has 0 saturated carbocycles. The number of aliphatic hydroxyl groups is 1. The van der Waals surface area contributed by atoms with Crippen LogP contribution in [0, 0.1) is 5.21 Å². The van der Waals surface area contributed by atoms with E-state index in [0.717, 1.165) is 11.3 Å². The highest BCUT2D eigenvalue weighted by Crippen LogP contribution is 2.39. The average molecular weight is 412 g/mol. The summed E-state index contributed by atoms with van der Waals surface area (Å²) in [5.74, 6) is -0.341. The Morgan fingerprint density at radius 1 is 1.00 bits per heavy atom. The van der Waals surface area contributed by atoms with Gasteiger partial charge >= 0.3 is 0 Å². The second-order valence-corrected chi connectivity index (χ2v) is 7.44. The van der Waals surface area contributed by atoms with Gasteiger partial charge in [0.25, 0.3) is 0 Å². The van der Waals surface area contributed by atoms with Gasteiger partial charge in [-0.1, -0.05) is 48.5 Å². The topological polar surface area (TPSA) is 108 Å². The number of hydrogen-bond acceptors (Lipinski definition) is 7. The second-order valence-electron chi connectivity index (χ2n) is 7.44. The van der Waals surface area contributed by atoms with E-state index in [0.29, 0.717) is 28.9 Å². The van der Waals surface area contributed by atoms with Crippen molar-refractivity contribution in [2.75, 3.05) is 10.5 Å². The molecule has 0 amide bonds. The monoisotopic (exact) mass is 412 g/mol. The van der Waals surface area contributed by atoms with Crippen molar-refractivity contribution in [3.8, 4) is 0 Å². The fourth-order valence-electron chi connectivity index (χ4n) is 4.07. The molecule has 31 heavy (non-hydrogen) atoms. The molecule has 1 unspecified atom stereocenters. The van der Waals surface area contributed by atoms with Crippen LogP contribution in [0.3, 0.4) is 0 Å². The molecule has 3 N–H and O–H groups in total. The summed E-state index contributed by atoms with van der Waals surface area (Å²) < 4.78 is 0. The molecule has 5 rings (SSSR count). The molecule has 7 nitrogen and oxygen atoms in total. The number of para-hydroxylation sites is 2. The van der Waals surface area contributed by atoms with Gasteiger partial charge in [-0.25, -0.2) is 0 Å². The van der Waals surface area contributed by atoms with Crippen LogP contribution in [0.2, 0.25) is 0 Å². The van der Waals surface area contributed by atoms with Crippen molar-refractivity contribution in [2.24, 2.45) is 4.99 Å². The average Bonchev–Trinajstić information content (AvgIpc) is 2.93. The highest BCUT2D eigenvalue weighted by molar-refractivity contribution is 6.36. The highest BCUT2D eigenvalue weighted by atomic mass is 16.8. The largest absolute Gasteiger partial charge is 0.733 e. The second kappa shape index (κ2) is 7.39. The summed E-state index contributed by atoms with van der Waals surface area (Å²) in [6, 6.07) is 20.6. The fraction of sp³-hybridized carbons (Fsp3) is 0.0833. The van der Waals surface area contributed by atoms with E-state index in [9.17, 15) is 20.3 Å². The van der Waals surface area contributed by atoms with E-state index in [2.05, 4.69) is 5.32 Å². The van der Waals surface area contributed by atoms with Crippen molar-refractivity contribution in [3.63, 3.8) is 0 Å². The van der Waals surface area contributed by atoms with Gasteiger partial charge in [-0.15, -0.1) is 0 Å². The van der Waals surface area contributed by atoms with E-state index in [-0.39, 0.29) is 34.1 Å². The number of aliphatic hydroxyl groups excluding tert-OH is 1. The maximum atomic E-state index is 13.1. The molecule has 0 fully saturated rings. The molecule has 1 aliphatic carbocycles. The van der Waals surface area contributed by atoms with Crippen molar-refractivity contribution < 1.29 is 15.1 Å². The van der Waals surface area contributed by atoms with Crippen LogP contribution in [0.15, 0.2) is 83.4 Å². The SMILES string of the molecule is O=C1C(C2=Nc3ccccc3NC(c3cccc(N([O-])O)c3)C2)=C(O)c2ccccc21. The summed E-state index contributed by atoms with van der Waals surface area (Å²) in [6.45, 7) is 0. The lowest BCUT2D eigenvalue weighted by atomic mass is 9.95. The Hall–Kier alpha value is -3.94. The first kappa shape index (κ1) is 19.0. The molecule has 1 aliphatic heterocycles. The third-order valence-electron chi connectivity index (χ3n) is 5.56. The lowest BCUT2D eigenvalue weighted by molar-refractivity contribution is 0.104. The summed E-state index contributed by atoms with van der Waals surface area (Å²) in [7, 11) is 0. The molecule has 2 aliphatic rings. The number of nitrogens with zero attached hydrogens (tertiary/aromatic N) is 2. The minimum absolute atomic E-state index is 0.0766. The van der Waals surface area contributed by atoms with Crippen molar-refractivity contribution in [1.82, 2.24) is 0 Å². The smallest absolute Gasteiger partial charge is 0.199 e. The number of nitrogens with one attached hydrogen (secondary N) is 1. The first-order chi connectivity index (χ1) is 15.0. The molecule has 0 bridgehead atoms. The Bertz CT molecular complexity index is 1260. The van der Waals surface area contributed by atoms with Gasteiger partial charge in [-0.05, 0) is 29.8 Å². The van der Waals surface area contributed by atoms with E-state index in [1.165, 1.54) is 6.07 Å². The summed E-state index contributed by atoms with van der Waals surface area (Å²) >= 11 is 0. The van der Waals surface area contributed by atoms with Crippen molar-refractivity contribution in [1.29, 1.82) is 0 Å². The molecular formula is C24H18N3O4-. The van der Waals surface area contributed by atoms with E-state index in [4.69, 9.17) is 4.99 Å². The van der Waals surface area contributed by atoms with E-state index < -0.39 is 0 Å². The van der Waals surface area contributed by atoms with Gasteiger partial charge in [-0.3, -0.25) is 15.0 Å². The zero-order valence-electron chi connectivity index (χ0n) is 16.3. The molecule has 3 aromatic carbocycles. The highest BCUT2D eigenvalue weighted by Gasteiger charge is 2.34. The van der Waals surface area contributed by atoms with E-state index >= 15 is 0 Å². The predicted molar refractivity (Wildman–Crippen MR) is 119 cm³/mol. The molecule has 0 aromatic heterocycles. The minimum atomic E-state index is -0.348.